The first-order valence-corrected chi connectivity index (χ1v) is 11.4. The second-order valence-electron chi connectivity index (χ2n) is 8.12. The number of amides is 1. The first-order chi connectivity index (χ1) is 17.8. The highest BCUT2D eigenvalue weighted by molar-refractivity contribution is 6.31. The number of aryl methyl sites for hydroxylation is 1. The Morgan fingerprint density at radius 2 is 1.79 bits per heavy atom. The molecule has 38 heavy (non-hydrogen) atoms. The van der Waals surface area contributed by atoms with Crippen LogP contribution >= 0.6 is 11.6 Å². The third kappa shape index (κ3) is 5.39. The zero-order chi connectivity index (χ0) is 27.8. The molecule has 1 amide bonds. The number of carbonyl (C=O) groups is 1. The maximum absolute atomic E-state index is 13.8. The first kappa shape index (κ1) is 27.2. The summed E-state index contributed by atoms with van der Waals surface area (Å²) in [6.45, 7) is 1.37. The number of carbonyl (C=O) groups excluding carboxylic acids is 1. The van der Waals surface area contributed by atoms with Crippen LogP contribution in [0.25, 0.3) is 16.9 Å². The van der Waals surface area contributed by atoms with Gasteiger partial charge in [-0.25, -0.2) is 9.50 Å². The number of fused-ring (bicyclic) bond motifs is 1. The number of aromatic nitrogens is 5. The fourth-order valence-corrected chi connectivity index (χ4v) is 3.93. The Kier molecular flexibility index (Phi) is 7.28. The van der Waals surface area contributed by atoms with Gasteiger partial charge in [-0.3, -0.25) is 9.48 Å². The number of halogens is 7. The van der Waals surface area contributed by atoms with Crippen LogP contribution in [0.1, 0.15) is 33.9 Å². The van der Waals surface area contributed by atoms with Crippen LogP contribution in [0.3, 0.4) is 0 Å². The molecular weight excluding hydrogens is 542 g/mol. The minimum Gasteiger partial charge on any atom is -0.497 e. The van der Waals surface area contributed by atoms with Crippen molar-refractivity contribution >= 4 is 23.2 Å². The molecule has 4 rings (SSSR count). The van der Waals surface area contributed by atoms with E-state index >= 15 is 0 Å². The van der Waals surface area contributed by atoms with Crippen molar-refractivity contribution in [3.8, 4) is 17.0 Å². The molecule has 3 heterocycles. The molecule has 3 aromatic heterocycles. The average Bonchev–Trinajstić information content (AvgIpc) is 3.41. The SMILES string of the molecule is COc1ccc(-c2cc(C(F)(F)F)n3ncc(C(=O)NCCCn4nc(C(F)(F)F)c(Cl)c4C)c3n2)cc1. The van der Waals surface area contributed by atoms with Gasteiger partial charge in [0.25, 0.3) is 5.91 Å². The summed E-state index contributed by atoms with van der Waals surface area (Å²) in [5, 5.41) is 9.21. The van der Waals surface area contributed by atoms with Gasteiger partial charge in [0.15, 0.2) is 17.0 Å². The Morgan fingerprint density at radius 3 is 2.37 bits per heavy atom. The topological polar surface area (TPSA) is 86.3 Å². The molecule has 0 aliphatic rings. The van der Waals surface area contributed by atoms with E-state index in [0.29, 0.717) is 15.8 Å². The highest BCUT2D eigenvalue weighted by Crippen LogP contribution is 2.35. The number of benzene rings is 1. The van der Waals surface area contributed by atoms with Crippen molar-refractivity contribution in [2.24, 2.45) is 0 Å². The molecule has 8 nitrogen and oxygen atoms in total. The van der Waals surface area contributed by atoms with Gasteiger partial charge in [0.2, 0.25) is 0 Å². The average molecular weight is 561 g/mol. The number of methoxy groups -OCH3 is 1. The number of hydrogen-bond acceptors (Lipinski definition) is 5. The number of ether oxygens (including phenoxy) is 1. The molecule has 202 valence electrons. The zero-order valence-electron chi connectivity index (χ0n) is 19.8. The minimum absolute atomic E-state index is 0.00869. The zero-order valence-corrected chi connectivity index (χ0v) is 20.5. The van der Waals surface area contributed by atoms with Crippen molar-refractivity contribution in [1.29, 1.82) is 0 Å². The third-order valence-electron chi connectivity index (χ3n) is 5.63. The molecular formula is C23H19ClF6N6O2. The van der Waals surface area contributed by atoms with E-state index < -0.39 is 34.7 Å². The number of rotatable bonds is 7. The van der Waals surface area contributed by atoms with E-state index in [1.807, 2.05) is 0 Å². The van der Waals surface area contributed by atoms with E-state index in [4.69, 9.17) is 16.3 Å². The molecule has 0 bridgehead atoms. The van der Waals surface area contributed by atoms with E-state index in [0.717, 1.165) is 16.9 Å². The third-order valence-corrected chi connectivity index (χ3v) is 6.08. The van der Waals surface area contributed by atoms with E-state index in [1.54, 1.807) is 12.1 Å². The van der Waals surface area contributed by atoms with Gasteiger partial charge in [-0.15, -0.1) is 0 Å². The van der Waals surface area contributed by atoms with Gasteiger partial charge >= 0.3 is 12.4 Å². The Labute approximate surface area is 216 Å². The molecule has 0 saturated heterocycles. The lowest BCUT2D eigenvalue weighted by molar-refractivity contribution is -0.143. The van der Waals surface area contributed by atoms with Gasteiger partial charge < -0.3 is 10.1 Å². The molecule has 0 aliphatic heterocycles. The van der Waals surface area contributed by atoms with Crippen molar-refractivity contribution in [3.05, 3.63) is 64.2 Å². The molecule has 1 aromatic carbocycles. The summed E-state index contributed by atoms with van der Waals surface area (Å²) in [4.78, 5) is 17.0. The number of alkyl halides is 6. The number of hydrogen-bond donors (Lipinski definition) is 1. The van der Waals surface area contributed by atoms with E-state index in [-0.39, 0.29) is 42.1 Å². The predicted molar refractivity (Wildman–Crippen MR) is 124 cm³/mol. The largest absolute Gasteiger partial charge is 0.497 e. The van der Waals surface area contributed by atoms with Crippen LogP contribution in [-0.2, 0) is 18.9 Å². The van der Waals surface area contributed by atoms with Crippen LogP contribution in [0.4, 0.5) is 26.3 Å². The minimum atomic E-state index is -4.79. The second-order valence-corrected chi connectivity index (χ2v) is 8.50. The van der Waals surface area contributed by atoms with Crippen LogP contribution in [0, 0.1) is 6.92 Å². The smallest absolute Gasteiger partial charge is 0.436 e. The first-order valence-electron chi connectivity index (χ1n) is 11.0. The molecule has 0 unspecified atom stereocenters. The number of nitrogens with zero attached hydrogens (tertiary/aromatic N) is 5. The highest BCUT2D eigenvalue weighted by Gasteiger charge is 2.38. The number of nitrogens with one attached hydrogen (secondary N) is 1. The Morgan fingerprint density at radius 1 is 1.11 bits per heavy atom. The van der Waals surface area contributed by atoms with E-state index in [2.05, 4.69) is 20.5 Å². The maximum Gasteiger partial charge on any atom is 0.436 e. The fourth-order valence-electron chi connectivity index (χ4n) is 3.68. The molecule has 0 fully saturated rings. The van der Waals surface area contributed by atoms with Gasteiger partial charge in [-0.1, -0.05) is 11.6 Å². The standard InChI is InChI=1S/C23H19ClF6N6O2/c1-12-18(24)19(23(28,29)30)34-35(12)9-3-8-31-21(37)15-11-32-36-17(22(25,26)27)10-16(33-20(15)36)13-4-6-14(38-2)7-5-13/h4-7,10-11H,3,8-9H2,1-2H3,(H,31,37). The van der Waals surface area contributed by atoms with Crippen molar-refractivity contribution in [2.75, 3.05) is 13.7 Å². The van der Waals surface area contributed by atoms with Crippen molar-refractivity contribution in [3.63, 3.8) is 0 Å². The van der Waals surface area contributed by atoms with E-state index in [1.165, 1.54) is 26.2 Å². The molecule has 0 spiro atoms. The van der Waals surface area contributed by atoms with Gasteiger partial charge in [0, 0.05) is 18.7 Å². The van der Waals surface area contributed by atoms with Gasteiger partial charge in [0.1, 0.15) is 11.3 Å². The summed E-state index contributed by atoms with van der Waals surface area (Å²) >= 11 is 5.73. The van der Waals surface area contributed by atoms with Gasteiger partial charge in [-0.2, -0.15) is 36.5 Å². The molecule has 4 aromatic rings. The summed E-state index contributed by atoms with van der Waals surface area (Å²) < 4.78 is 87.0. The maximum atomic E-state index is 13.8. The Balaban J connectivity index is 1.55. The summed E-state index contributed by atoms with van der Waals surface area (Å²) in [5.41, 5.74) is -2.41. The van der Waals surface area contributed by atoms with Crippen molar-refractivity contribution in [1.82, 2.24) is 29.7 Å². The Hall–Kier alpha value is -3.81. The summed E-state index contributed by atoms with van der Waals surface area (Å²) in [6.07, 6.45) is -8.37. The predicted octanol–water partition coefficient (Wildman–Crippen LogP) is 5.42. The fraction of sp³-hybridized carbons (Fsp3) is 0.304. The summed E-state index contributed by atoms with van der Waals surface area (Å²) in [7, 11) is 1.45. The van der Waals surface area contributed by atoms with Crippen LogP contribution in [0.2, 0.25) is 5.02 Å². The lowest BCUT2D eigenvalue weighted by atomic mass is 10.1. The van der Waals surface area contributed by atoms with Crippen LogP contribution in [0.15, 0.2) is 36.5 Å². The molecule has 0 atom stereocenters. The molecule has 15 heteroatoms. The monoisotopic (exact) mass is 560 g/mol. The molecule has 0 radical (unpaired) electrons. The van der Waals surface area contributed by atoms with Crippen LogP contribution in [0.5, 0.6) is 5.75 Å². The van der Waals surface area contributed by atoms with Gasteiger partial charge in [0.05, 0.1) is 29.7 Å². The quantitative estimate of drug-likeness (QED) is 0.241. The van der Waals surface area contributed by atoms with Crippen LogP contribution < -0.4 is 10.1 Å². The molecule has 0 aliphatic carbocycles. The normalized spacial score (nSPS) is 12.2. The Bertz CT molecular complexity index is 1480. The van der Waals surface area contributed by atoms with Gasteiger partial charge in [-0.05, 0) is 43.7 Å². The summed E-state index contributed by atoms with van der Waals surface area (Å²) in [5.74, 6) is -0.254. The van der Waals surface area contributed by atoms with Crippen molar-refractivity contribution < 1.29 is 35.9 Å². The second kappa shape index (κ2) is 10.2. The molecule has 0 saturated carbocycles. The lowest BCUT2D eigenvalue weighted by Crippen LogP contribution is -2.25. The summed E-state index contributed by atoms with van der Waals surface area (Å²) in [6, 6.07) is 7.01. The molecule has 1 N–H and O–H groups in total. The van der Waals surface area contributed by atoms with Crippen molar-refractivity contribution in [2.45, 2.75) is 32.2 Å². The van der Waals surface area contributed by atoms with E-state index in [9.17, 15) is 31.1 Å². The van der Waals surface area contributed by atoms with Crippen LogP contribution in [-0.4, -0.2) is 43.9 Å². The lowest BCUT2D eigenvalue weighted by Gasteiger charge is -2.12. The highest BCUT2D eigenvalue weighted by atomic mass is 35.5.